The zero-order chi connectivity index (χ0) is 15.4. The first-order valence-electron chi connectivity index (χ1n) is 7.24. The standard InChI is InChI=1S/C18H22OS2/c1-5-20-17-11-10-16(12-14(17)3)15(4)21(19)18-9-7-6-8-13(18)2/h6-12,15H,5H2,1-4H3. The molecule has 0 aliphatic carbocycles. The second-order valence-corrected chi connectivity index (χ2v) is 8.21. The van der Waals surface area contributed by atoms with Gasteiger partial charge in [0.05, 0.1) is 16.0 Å². The van der Waals surface area contributed by atoms with E-state index in [0.29, 0.717) is 0 Å². The van der Waals surface area contributed by atoms with Crippen LogP contribution in [-0.4, -0.2) is 9.96 Å². The minimum atomic E-state index is -1.02. The molecule has 0 aromatic heterocycles. The zero-order valence-electron chi connectivity index (χ0n) is 13.1. The van der Waals surface area contributed by atoms with Gasteiger partial charge in [-0.15, -0.1) is 11.8 Å². The van der Waals surface area contributed by atoms with E-state index in [2.05, 4.69) is 32.0 Å². The van der Waals surface area contributed by atoms with Crippen LogP contribution >= 0.6 is 11.8 Å². The molecule has 2 aromatic rings. The molecule has 0 spiro atoms. The van der Waals surface area contributed by atoms with Crippen LogP contribution < -0.4 is 0 Å². The van der Waals surface area contributed by atoms with Gasteiger partial charge in [-0.05, 0) is 55.3 Å². The SMILES string of the molecule is CCSc1ccc(C(C)S(=O)c2ccccc2C)cc1C. The Bertz CT molecular complexity index is 649. The molecule has 0 aliphatic heterocycles. The molecule has 0 radical (unpaired) electrons. The average Bonchev–Trinajstić information content (AvgIpc) is 2.48. The minimum absolute atomic E-state index is 0.00507. The molecule has 2 rings (SSSR count). The van der Waals surface area contributed by atoms with Crippen molar-refractivity contribution in [3.05, 3.63) is 59.2 Å². The molecule has 0 fully saturated rings. The van der Waals surface area contributed by atoms with Gasteiger partial charge < -0.3 is 0 Å². The number of aryl methyl sites for hydroxylation is 2. The monoisotopic (exact) mass is 318 g/mol. The van der Waals surface area contributed by atoms with Crippen molar-refractivity contribution in [3.8, 4) is 0 Å². The minimum Gasteiger partial charge on any atom is -0.254 e. The number of hydrogen-bond donors (Lipinski definition) is 0. The van der Waals surface area contributed by atoms with Crippen LogP contribution in [0.5, 0.6) is 0 Å². The Morgan fingerprint density at radius 3 is 2.43 bits per heavy atom. The van der Waals surface area contributed by atoms with Crippen molar-refractivity contribution in [1.29, 1.82) is 0 Å². The lowest BCUT2D eigenvalue weighted by Crippen LogP contribution is -2.05. The van der Waals surface area contributed by atoms with Crippen molar-refractivity contribution in [1.82, 2.24) is 0 Å². The maximum atomic E-state index is 12.8. The first-order valence-corrected chi connectivity index (χ1v) is 9.44. The molecule has 2 unspecified atom stereocenters. The predicted molar refractivity (Wildman–Crippen MR) is 93.6 cm³/mol. The van der Waals surface area contributed by atoms with Gasteiger partial charge in [-0.1, -0.05) is 37.3 Å². The van der Waals surface area contributed by atoms with E-state index in [4.69, 9.17) is 0 Å². The van der Waals surface area contributed by atoms with Crippen LogP contribution in [0, 0.1) is 13.8 Å². The summed E-state index contributed by atoms with van der Waals surface area (Å²) in [5.41, 5.74) is 3.51. The van der Waals surface area contributed by atoms with E-state index in [1.54, 1.807) is 0 Å². The molecule has 0 heterocycles. The Hall–Kier alpha value is -1.06. The van der Waals surface area contributed by atoms with Crippen molar-refractivity contribution < 1.29 is 4.21 Å². The van der Waals surface area contributed by atoms with Gasteiger partial charge in [0.25, 0.3) is 0 Å². The van der Waals surface area contributed by atoms with Gasteiger partial charge in [0.2, 0.25) is 0 Å². The highest BCUT2D eigenvalue weighted by Gasteiger charge is 2.17. The number of rotatable bonds is 5. The number of benzene rings is 2. The van der Waals surface area contributed by atoms with Crippen LogP contribution in [0.3, 0.4) is 0 Å². The van der Waals surface area contributed by atoms with Crippen molar-refractivity contribution in [3.63, 3.8) is 0 Å². The van der Waals surface area contributed by atoms with E-state index in [1.165, 1.54) is 10.5 Å². The fraction of sp³-hybridized carbons (Fsp3) is 0.333. The quantitative estimate of drug-likeness (QED) is 0.697. The van der Waals surface area contributed by atoms with Crippen molar-refractivity contribution in [2.45, 2.75) is 42.7 Å². The van der Waals surface area contributed by atoms with E-state index in [1.807, 2.05) is 49.9 Å². The van der Waals surface area contributed by atoms with E-state index >= 15 is 0 Å². The summed E-state index contributed by atoms with van der Waals surface area (Å²) in [6.45, 7) is 8.36. The third kappa shape index (κ3) is 3.78. The molecule has 112 valence electrons. The van der Waals surface area contributed by atoms with Gasteiger partial charge in [-0.3, -0.25) is 4.21 Å². The summed E-state index contributed by atoms with van der Waals surface area (Å²) in [5, 5.41) is 0.00507. The number of hydrogen-bond acceptors (Lipinski definition) is 2. The van der Waals surface area contributed by atoms with E-state index in [0.717, 1.165) is 21.8 Å². The molecule has 2 atom stereocenters. The van der Waals surface area contributed by atoms with E-state index < -0.39 is 10.8 Å². The highest BCUT2D eigenvalue weighted by molar-refractivity contribution is 7.99. The molecule has 2 aromatic carbocycles. The predicted octanol–water partition coefficient (Wildman–Crippen LogP) is 5.28. The van der Waals surface area contributed by atoms with Gasteiger partial charge in [0.1, 0.15) is 0 Å². The van der Waals surface area contributed by atoms with Crippen LogP contribution in [0.4, 0.5) is 0 Å². The topological polar surface area (TPSA) is 17.1 Å². The third-order valence-electron chi connectivity index (χ3n) is 3.60. The fourth-order valence-corrected chi connectivity index (χ4v) is 4.47. The van der Waals surface area contributed by atoms with E-state index in [-0.39, 0.29) is 5.25 Å². The van der Waals surface area contributed by atoms with Gasteiger partial charge in [-0.2, -0.15) is 0 Å². The van der Waals surface area contributed by atoms with Crippen molar-refractivity contribution >= 4 is 22.6 Å². The summed E-state index contributed by atoms with van der Waals surface area (Å²) in [5.74, 6) is 1.07. The Morgan fingerprint density at radius 1 is 1.10 bits per heavy atom. The smallest absolute Gasteiger partial charge is 0.0615 e. The van der Waals surface area contributed by atoms with Crippen molar-refractivity contribution in [2.24, 2.45) is 0 Å². The first kappa shape index (κ1) is 16.3. The van der Waals surface area contributed by atoms with Gasteiger partial charge >= 0.3 is 0 Å². The van der Waals surface area contributed by atoms with Crippen LogP contribution in [0.15, 0.2) is 52.3 Å². The molecular formula is C18H22OS2. The van der Waals surface area contributed by atoms with Gasteiger partial charge in [-0.25, -0.2) is 0 Å². The molecule has 21 heavy (non-hydrogen) atoms. The zero-order valence-corrected chi connectivity index (χ0v) is 14.7. The Morgan fingerprint density at radius 2 is 1.81 bits per heavy atom. The summed E-state index contributed by atoms with van der Waals surface area (Å²) in [6, 6.07) is 14.4. The molecule has 3 heteroatoms. The Labute approximate surface area is 134 Å². The lowest BCUT2D eigenvalue weighted by atomic mass is 10.1. The maximum Gasteiger partial charge on any atom is 0.0615 e. The van der Waals surface area contributed by atoms with Crippen molar-refractivity contribution in [2.75, 3.05) is 5.75 Å². The van der Waals surface area contributed by atoms with E-state index in [9.17, 15) is 4.21 Å². The average molecular weight is 319 g/mol. The molecule has 0 aliphatic rings. The third-order valence-corrected chi connectivity index (χ3v) is 6.46. The molecule has 1 nitrogen and oxygen atoms in total. The largest absolute Gasteiger partial charge is 0.254 e. The molecule has 0 saturated heterocycles. The Balaban J connectivity index is 2.28. The summed E-state index contributed by atoms with van der Waals surface area (Å²) < 4.78 is 12.8. The van der Waals surface area contributed by atoms with Crippen LogP contribution in [0.1, 0.15) is 35.8 Å². The van der Waals surface area contributed by atoms with Crippen LogP contribution in [0.2, 0.25) is 0 Å². The summed E-state index contributed by atoms with van der Waals surface area (Å²) in [6.07, 6.45) is 0. The van der Waals surface area contributed by atoms with Gasteiger partial charge in [0.15, 0.2) is 0 Å². The lowest BCUT2D eigenvalue weighted by Gasteiger charge is -2.15. The number of thioether (sulfide) groups is 1. The van der Waals surface area contributed by atoms with Gasteiger partial charge in [0, 0.05) is 9.79 Å². The highest BCUT2D eigenvalue weighted by atomic mass is 32.2. The normalized spacial score (nSPS) is 13.9. The second kappa shape index (κ2) is 7.28. The summed E-state index contributed by atoms with van der Waals surface area (Å²) >= 11 is 1.85. The Kier molecular flexibility index (Phi) is 5.65. The lowest BCUT2D eigenvalue weighted by molar-refractivity contribution is 0.675. The fourth-order valence-electron chi connectivity index (χ4n) is 2.34. The molecule has 0 saturated carbocycles. The molecule has 0 N–H and O–H groups in total. The first-order chi connectivity index (χ1) is 10.0. The maximum absolute atomic E-state index is 12.8. The molecule has 0 bridgehead atoms. The molecular weight excluding hydrogens is 296 g/mol. The van der Waals surface area contributed by atoms with Crippen LogP contribution in [0.25, 0.3) is 0 Å². The highest BCUT2D eigenvalue weighted by Crippen LogP contribution is 2.30. The second-order valence-electron chi connectivity index (χ2n) is 5.16. The summed E-state index contributed by atoms with van der Waals surface area (Å²) in [4.78, 5) is 2.25. The molecule has 0 amide bonds. The summed E-state index contributed by atoms with van der Waals surface area (Å²) in [7, 11) is -1.02. The van der Waals surface area contributed by atoms with Crippen LogP contribution in [-0.2, 0) is 10.8 Å².